The zero-order valence-electron chi connectivity index (χ0n) is 45.7. The Kier molecular flexibility index (Phi) is 11.3. The Bertz CT molecular complexity index is 5170. The van der Waals surface area contributed by atoms with E-state index < -0.39 is 0 Å². The molecular formula is C78H52N2O3. The van der Waals surface area contributed by atoms with Crippen LogP contribution in [0.15, 0.2) is 292 Å². The third-order valence-electron chi connectivity index (χ3n) is 16.8. The van der Waals surface area contributed by atoms with E-state index in [2.05, 4.69) is 303 Å². The lowest BCUT2D eigenvalue weighted by atomic mass is 9.96. The molecule has 0 fully saturated rings. The predicted octanol–water partition coefficient (Wildman–Crippen LogP) is 22.8. The lowest BCUT2D eigenvalue weighted by Crippen LogP contribution is -2.14. The second-order valence-corrected chi connectivity index (χ2v) is 21.5. The van der Waals surface area contributed by atoms with Gasteiger partial charge >= 0.3 is 0 Å². The molecule has 0 bridgehead atoms. The summed E-state index contributed by atoms with van der Waals surface area (Å²) < 4.78 is 22.2. The van der Waals surface area contributed by atoms with Gasteiger partial charge in [-0.25, -0.2) is 0 Å². The minimum atomic E-state index is 0.727. The van der Waals surface area contributed by atoms with E-state index in [0.29, 0.717) is 0 Å². The Morgan fingerprint density at radius 2 is 0.602 bits per heavy atom. The molecule has 392 valence electrons. The van der Waals surface area contributed by atoms with Gasteiger partial charge in [-0.05, 0) is 101 Å². The van der Waals surface area contributed by atoms with E-state index in [-0.39, 0.29) is 0 Å². The molecule has 0 aliphatic heterocycles. The van der Waals surface area contributed by atoms with Crippen LogP contribution in [-0.4, -0.2) is 0 Å². The summed E-state index contributed by atoms with van der Waals surface area (Å²) in [7, 11) is 0. The van der Waals surface area contributed by atoms with Gasteiger partial charge in [-0.1, -0.05) is 237 Å². The van der Waals surface area contributed by atoms with E-state index in [1.54, 1.807) is 0 Å². The van der Waals surface area contributed by atoms with Gasteiger partial charge in [0.05, 0.1) is 28.1 Å². The first kappa shape index (κ1) is 48.1. The highest BCUT2D eigenvalue weighted by atomic mass is 16.3. The molecule has 0 aliphatic rings. The third kappa shape index (κ3) is 7.77. The van der Waals surface area contributed by atoms with Crippen molar-refractivity contribution >= 4 is 111 Å². The van der Waals surface area contributed by atoms with Crippen molar-refractivity contribution in [1.82, 2.24) is 0 Å². The zero-order valence-corrected chi connectivity index (χ0v) is 45.7. The molecule has 3 heterocycles. The molecule has 83 heavy (non-hydrogen) atoms. The summed E-state index contributed by atoms with van der Waals surface area (Å²) in [6, 6.07) is 99.4. The molecule has 0 saturated carbocycles. The highest BCUT2D eigenvalue weighted by molar-refractivity contribution is 6.29. The molecule has 0 saturated heterocycles. The monoisotopic (exact) mass is 1060 g/mol. The van der Waals surface area contributed by atoms with Crippen LogP contribution in [0.5, 0.6) is 0 Å². The van der Waals surface area contributed by atoms with Crippen LogP contribution >= 0.6 is 0 Å². The molecule has 5 nitrogen and oxygen atoms in total. The minimum Gasteiger partial charge on any atom is -0.454 e. The molecule has 0 aliphatic carbocycles. The van der Waals surface area contributed by atoms with Crippen molar-refractivity contribution in [2.75, 3.05) is 9.80 Å². The number of hydrogen-bond acceptors (Lipinski definition) is 5. The number of benzene rings is 13. The Balaban J connectivity index is 1.01. The van der Waals surface area contributed by atoms with Crippen LogP contribution in [0.1, 0.15) is 11.1 Å². The van der Waals surface area contributed by atoms with E-state index in [4.69, 9.17) is 13.3 Å². The molecule has 0 atom stereocenters. The number of nitrogens with zero attached hydrogens (tertiary/aromatic N) is 2. The molecule has 16 rings (SSSR count). The number of para-hydroxylation sites is 5. The van der Waals surface area contributed by atoms with Gasteiger partial charge in [0.25, 0.3) is 0 Å². The highest BCUT2D eigenvalue weighted by Gasteiger charge is 2.32. The summed E-state index contributed by atoms with van der Waals surface area (Å²) in [5.74, 6) is 0. The summed E-state index contributed by atoms with van der Waals surface area (Å²) in [5, 5.41) is 8.11. The molecule has 0 amide bonds. The Labute approximate surface area is 479 Å². The van der Waals surface area contributed by atoms with E-state index in [0.717, 1.165) is 155 Å². The van der Waals surface area contributed by atoms with Crippen molar-refractivity contribution < 1.29 is 13.3 Å². The van der Waals surface area contributed by atoms with Gasteiger partial charge in [0, 0.05) is 60.2 Å². The van der Waals surface area contributed by atoms with Crippen LogP contribution in [0.4, 0.5) is 34.1 Å². The fourth-order valence-corrected chi connectivity index (χ4v) is 12.8. The molecule has 3 aromatic heterocycles. The van der Waals surface area contributed by atoms with Gasteiger partial charge in [0.1, 0.15) is 16.7 Å². The minimum absolute atomic E-state index is 0.727. The van der Waals surface area contributed by atoms with Crippen molar-refractivity contribution in [3.05, 3.63) is 290 Å². The van der Waals surface area contributed by atoms with Gasteiger partial charge < -0.3 is 23.1 Å². The number of anilines is 6. The second-order valence-electron chi connectivity index (χ2n) is 21.5. The maximum absolute atomic E-state index is 7.50. The molecule has 0 unspecified atom stereocenters. The van der Waals surface area contributed by atoms with Crippen LogP contribution in [0.3, 0.4) is 0 Å². The second kappa shape index (κ2) is 19.4. The van der Waals surface area contributed by atoms with Crippen molar-refractivity contribution in [2.24, 2.45) is 0 Å². The number of aryl methyl sites for hydroxylation is 2. The van der Waals surface area contributed by atoms with Crippen LogP contribution in [0.25, 0.3) is 121 Å². The average Bonchev–Trinajstić information content (AvgIpc) is 2.01. The van der Waals surface area contributed by atoms with Crippen molar-refractivity contribution in [2.45, 2.75) is 13.8 Å². The molecule has 0 radical (unpaired) electrons. The van der Waals surface area contributed by atoms with Gasteiger partial charge in [-0.3, -0.25) is 0 Å². The van der Waals surface area contributed by atoms with Crippen LogP contribution in [-0.2, 0) is 0 Å². The molecule has 0 spiro atoms. The Hall–Kier alpha value is -10.9. The van der Waals surface area contributed by atoms with Gasteiger partial charge in [0.15, 0.2) is 16.7 Å². The number of hydrogen-bond donors (Lipinski definition) is 0. The standard InChI is InChI=1S/C78H52N2O3/c1-49-21-9-11-27-57(49)61-32-17-34-63-65-36-19-38-68(76(65)82-74(61)63)79(55-45-41-53(42-46-55)51-23-5-3-6-24-51)72-59-29-13-14-30-60(59)73(78-71(72)67-31-15-16-40-70(67)81-78)80(56-47-43-54(44-48-56)52-25-7-4-8-26-52)69-39-20-37-66-64-35-18-33-62(75(64)83-77(66)69)58-28-12-10-22-50(58)2/h3-48H,1-2H3. The van der Waals surface area contributed by atoms with Crippen LogP contribution in [0.2, 0.25) is 0 Å². The van der Waals surface area contributed by atoms with Crippen LogP contribution in [0, 0.1) is 13.8 Å². The summed E-state index contributed by atoms with van der Waals surface area (Å²) in [5.41, 5.74) is 21.6. The lowest BCUT2D eigenvalue weighted by molar-refractivity contribution is 0.667. The first-order chi connectivity index (χ1) is 41.0. The van der Waals surface area contributed by atoms with E-state index >= 15 is 0 Å². The molecule has 0 N–H and O–H groups in total. The normalized spacial score (nSPS) is 11.7. The Morgan fingerprint density at radius 1 is 0.241 bits per heavy atom. The lowest BCUT2D eigenvalue weighted by Gasteiger charge is -2.31. The number of furan rings is 3. The summed E-state index contributed by atoms with van der Waals surface area (Å²) in [4.78, 5) is 4.78. The predicted molar refractivity (Wildman–Crippen MR) is 346 cm³/mol. The van der Waals surface area contributed by atoms with Crippen molar-refractivity contribution in [3.63, 3.8) is 0 Å². The SMILES string of the molecule is Cc1ccccc1-c1cccc2c1oc1c(N(c3ccc(-c4ccccc4)cc3)c3c4ccccc4c(N(c4ccc(-c5ccccc5)cc4)c4cccc5c4oc4c(-c6ccccc6C)cccc45)c4c3oc3ccccc34)cccc12. The average molecular weight is 1070 g/mol. The molecule has 13 aromatic carbocycles. The van der Waals surface area contributed by atoms with Gasteiger partial charge in [-0.15, -0.1) is 0 Å². The highest BCUT2D eigenvalue weighted by Crippen LogP contribution is 2.56. The fourth-order valence-electron chi connectivity index (χ4n) is 12.8. The van der Waals surface area contributed by atoms with E-state index in [1.165, 1.54) is 11.1 Å². The van der Waals surface area contributed by atoms with Crippen LogP contribution < -0.4 is 9.80 Å². The smallest absolute Gasteiger partial charge is 0.162 e. The van der Waals surface area contributed by atoms with Crippen molar-refractivity contribution in [3.8, 4) is 44.5 Å². The zero-order chi connectivity index (χ0) is 55.1. The third-order valence-corrected chi connectivity index (χ3v) is 16.8. The van der Waals surface area contributed by atoms with Crippen molar-refractivity contribution in [1.29, 1.82) is 0 Å². The quantitative estimate of drug-likeness (QED) is 0.128. The maximum atomic E-state index is 7.50. The molecule has 16 aromatic rings. The number of fused-ring (bicyclic) bond motifs is 10. The van der Waals surface area contributed by atoms with Gasteiger partial charge in [-0.2, -0.15) is 0 Å². The molecule has 5 heteroatoms. The summed E-state index contributed by atoms with van der Waals surface area (Å²) in [6.45, 7) is 4.33. The fraction of sp³-hybridized carbons (Fsp3) is 0.0256. The van der Waals surface area contributed by atoms with Gasteiger partial charge in [0.2, 0.25) is 0 Å². The maximum Gasteiger partial charge on any atom is 0.162 e. The Morgan fingerprint density at radius 3 is 1.10 bits per heavy atom. The first-order valence-electron chi connectivity index (χ1n) is 28.3. The molecular weight excluding hydrogens is 1010 g/mol. The van der Waals surface area contributed by atoms with E-state index in [9.17, 15) is 0 Å². The largest absolute Gasteiger partial charge is 0.454 e. The topological polar surface area (TPSA) is 45.9 Å². The summed E-state index contributed by atoms with van der Waals surface area (Å²) >= 11 is 0. The van der Waals surface area contributed by atoms with E-state index in [1.807, 2.05) is 0 Å². The summed E-state index contributed by atoms with van der Waals surface area (Å²) in [6.07, 6.45) is 0. The number of rotatable bonds is 10. The first-order valence-corrected chi connectivity index (χ1v) is 28.3.